The maximum Gasteiger partial charge on any atom is 0.226 e. The summed E-state index contributed by atoms with van der Waals surface area (Å²) in [6.45, 7) is 12.5. The molecule has 3 nitrogen and oxygen atoms in total. The molecule has 2 fully saturated rings. The highest BCUT2D eigenvalue weighted by Crippen LogP contribution is 2.68. The zero-order valence-corrected chi connectivity index (χ0v) is 11.5. The van der Waals surface area contributed by atoms with Crippen LogP contribution in [0.1, 0.15) is 27.7 Å². The van der Waals surface area contributed by atoms with Crippen molar-refractivity contribution in [1.82, 2.24) is 10.2 Å². The maximum absolute atomic E-state index is 12.3. The molecule has 1 heterocycles. The summed E-state index contributed by atoms with van der Waals surface area (Å²) in [5, 5.41) is 3.28. The predicted molar refractivity (Wildman–Crippen MR) is 67.7 cm³/mol. The Bertz CT molecular complexity index is 269. The third-order valence-corrected chi connectivity index (χ3v) is 4.70. The van der Waals surface area contributed by atoms with Gasteiger partial charge >= 0.3 is 0 Å². The van der Waals surface area contributed by atoms with Crippen molar-refractivity contribution in [2.75, 3.05) is 26.2 Å². The van der Waals surface area contributed by atoms with Crippen LogP contribution in [0.5, 0.6) is 0 Å². The van der Waals surface area contributed by atoms with Crippen molar-refractivity contribution in [3.8, 4) is 0 Å². The summed E-state index contributed by atoms with van der Waals surface area (Å²) in [5.74, 6) is 0.592. The van der Waals surface area contributed by atoms with Crippen LogP contribution in [0.3, 0.4) is 0 Å². The fourth-order valence-corrected chi connectivity index (χ4v) is 2.88. The SMILES string of the molecule is CC1(C)C(C(=O)N2CCNCC2)C1(C)C.Cl. The second kappa shape index (κ2) is 4.19. The molecule has 1 N–H and O–H groups in total. The Kier molecular flexibility index (Phi) is 3.61. The van der Waals surface area contributed by atoms with E-state index in [1.54, 1.807) is 0 Å². The van der Waals surface area contributed by atoms with Gasteiger partial charge in [-0.15, -0.1) is 12.4 Å². The topological polar surface area (TPSA) is 32.3 Å². The molecule has 4 heteroatoms. The Labute approximate surface area is 104 Å². The maximum atomic E-state index is 12.3. The van der Waals surface area contributed by atoms with Gasteiger partial charge < -0.3 is 10.2 Å². The lowest BCUT2D eigenvalue weighted by Crippen LogP contribution is -2.47. The van der Waals surface area contributed by atoms with E-state index in [4.69, 9.17) is 0 Å². The van der Waals surface area contributed by atoms with Crippen molar-refractivity contribution in [3.05, 3.63) is 0 Å². The number of nitrogens with one attached hydrogen (secondary N) is 1. The lowest BCUT2D eigenvalue weighted by molar-refractivity contribution is -0.134. The van der Waals surface area contributed by atoms with Crippen LogP contribution in [0, 0.1) is 16.7 Å². The van der Waals surface area contributed by atoms with Gasteiger partial charge in [0.1, 0.15) is 0 Å². The van der Waals surface area contributed by atoms with Gasteiger partial charge in [-0.25, -0.2) is 0 Å². The molecular formula is C12H23ClN2O. The van der Waals surface area contributed by atoms with Gasteiger partial charge in [0.25, 0.3) is 0 Å². The standard InChI is InChI=1S/C12H22N2O.ClH/c1-11(2)9(12(11,3)4)10(15)14-7-5-13-6-8-14;/h9,13H,5-8H2,1-4H3;1H. The Morgan fingerprint density at radius 1 is 1.12 bits per heavy atom. The van der Waals surface area contributed by atoms with Crippen molar-refractivity contribution >= 4 is 18.3 Å². The monoisotopic (exact) mass is 246 g/mol. The Hall–Kier alpha value is -0.280. The molecule has 0 unspecified atom stereocenters. The molecule has 2 aliphatic rings. The molecule has 0 atom stereocenters. The summed E-state index contributed by atoms with van der Waals surface area (Å²) in [6, 6.07) is 0. The summed E-state index contributed by atoms with van der Waals surface area (Å²) in [7, 11) is 0. The summed E-state index contributed by atoms with van der Waals surface area (Å²) in [5.41, 5.74) is 0.351. The highest BCUT2D eigenvalue weighted by molar-refractivity contribution is 5.85. The molecular weight excluding hydrogens is 224 g/mol. The molecule has 0 radical (unpaired) electrons. The molecule has 1 saturated carbocycles. The molecule has 94 valence electrons. The van der Waals surface area contributed by atoms with Crippen LogP contribution in [0.25, 0.3) is 0 Å². The molecule has 1 aliphatic heterocycles. The fourth-order valence-electron chi connectivity index (χ4n) is 2.88. The minimum Gasteiger partial charge on any atom is -0.340 e. The van der Waals surface area contributed by atoms with Crippen LogP contribution in [0.4, 0.5) is 0 Å². The molecule has 0 spiro atoms. The van der Waals surface area contributed by atoms with Gasteiger partial charge in [0.2, 0.25) is 5.91 Å². The average Bonchev–Trinajstić information content (AvgIpc) is 2.58. The van der Waals surface area contributed by atoms with Gasteiger partial charge in [0, 0.05) is 32.1 Å². The van der Waals surface area contributed by atoms with Gasteiger partial charge in [0.05, 0.1) is 0 Å². The van der Waals surface area contributed by atoms with Gasteiger partial charge in [-0.1, -0.05) is 27.7 Å². The summed E-state index contributed by atoms with van der Waals surface area (Å²) in [4.78, 5) is 14.3. The molecule has 0 aromatic rings. The minimum absolute atomic E-state index is 0. The number of hydrogen-bond donors (Lipinski definition) is 1. The number of carbonyl (C=O) groups excluding carboxylic acids is 1. The van der Waals surface area contributed by atoms with Gasteiger partial charge in [-0.2, -0.15) is 0 Å². The minimum atomic E-state index is 0. The van der Waals surface area contributed by atoms with Gasteiger partial charge in [-0.3, -0.25) is 4.79 Å². The van der Waals surface area contributed by atoms with Crippen molar-refractivity contribution in [2.24, 2.45) is 16.7 Å². The van der Waals surface area contributed by atoms with E-state index in [1.807, 2.05) is 4.90 Å². The van der Waals surface area contributed by atoms with Crippen molar-refractivity contribution < 1.29 is 4.79 Å². The Balaban J connectivity index is 0.00000128. The van der Waals surface area contributed by atoms with Crippen LogP contribution in [-0.4, -0.2) is 37.0 Å². The molecule has 1 amide bonds. The van der Waals surface area contributed by atoms with Crippen LogP contribution < -0.4 is 5.32 Å². The zero-order chi connectivity index (χ0) is 11.3. The summed E-state index contributed by atoms with van der Waals surface area (Å²) in [6.07, 6.45) is 0. The average molecular weight is 247 g/mol. The number of halogens is 1. The number of rotatable bonds is 1. The molecule has 0 aromatic heterocycles. The number of piperazine rings is 1. The number of hydrogen-bond acceptors (Lipinski definition) is 2. The van der Waals surface area contributed by atoms with E-state index in [0.29, 0.717) is 5.91 Å². The lowest BCUT2D eigenvalue weighted by atomic mass is 10.0. The fraction of sp³-hybridized carbons (Fsp3) is 0.917. The Morgan fingerprint density at radius 3 is 1.94 bits per heavy atom. The molecule has 1 aliphatic carbocycles. The largest absolute Gasteiger partial charge is 0.340 e. The molecule has 2 rings (SSSR count). The van der Waals surface area contributed by atoms with Crippen molar-refractivity contribution in [2.45, 2.75) is 27.7 Å². The third-order valence-electron chi connectivity index (χ3n) is 4.70. The van der Waals surface area contributed by atoms with Crippen molar-refractivity contribution in [1.29, 1.82) is 0 Å². The molecule has 16 heavy (non-hydrogen) atoms. The van der Waals surface area contributed by atoms with Crippen LogP contribution in [-0.2, 0) is 4.79 Å². The van der Waals surface area contributed by atoms with Crippen LogP contribution in [0.2, 0.25) is 0 Å². The highest BCUT2D eigenvalue weighted by atomic mass is 35.5. The van der Waals surface area contributed by atoms with E-state index in [1.165, 1.54) is 0 Å². The van der Waals surface area contributed by atoms with E-state index in [-0.39, 0.29) is 29.2 Å². The van der Waals surface area contributed by atoms with E-state index in [2.05, 4.69) is 33.0 Å². The van der Waals surface area contributed by atoms with Gasteiger partial charge in [-0.05, 0) is 10.8 Å². The summed E-state index contributed by atoms with van der Waals surface area (Å²) >= 11 is 0. The zero-order valence-electron chi connectivity index (χ0n) is 10.7. The number of carbonyl (C=O) groups is 1. The second-order valence-electron chi connectivity index (χ2n) is 5.95. The first-order chi connectivity index (χ1) is 6.89. The van der Waals surface area contributed by atoms with Crippen LogP contribution in [0.15, 0.2) is 0 Å². The Morgan fingerprint density at radius 2 is 1.56 bits per heavy atom. The molecule has 1 saturated heterocycles. The quantitative estimate of drug-likeness (QED) is 0.761. The smallest absolute Gasteiger partial charge is 0.226 e. The normalized spacial score (nSPS) is 27.1. The first-order valence-corrected chi connectivity index (χ1v) is 5.88. The van der Waals surface area contributed by atoms with E-state index >= 15 is 0 Å². The lowest BCUT2D eigenvalue weighted by Gasteiger charge is -2.28. The summed E-state index contributed by atoms with van der Waals surface area (Å²) < 4.78 is 0. The van der Waals surface area contributed by atoms with Gasteiger partial charge in [0.15, 0.2) is 0 Å². The molecule has 0 aromatic carbocycles. The molecule has 0 bridgehead atoms. The van der Waals surface area contributed by atoms with Crippen LogP contribution >= 0.6 is 12.4 Å². The van der Waals surface area contributed by atoms with E-state index < -0.39 is 0 Å². The predicted octanol–water partition coefficient (Wildman–Crippen LogP) is 1.52. The van der Waals surface area contributed by atoms with E-state index in [9.17, 15) is 4.79 Å². The third kappa shape index (κ3) is 1.84. The second-order valence-corrected chi connectivity index (χ2v) is 5.95. The number of nitrogens with zero attached hydrogens (tertiary/aromatic N) is 1. The highest BCUT2D eigenvalue weighted by Gasteiger charge is 2.68. The first kappa shape index (κ1) is 13.8. The van der Waals surface area contributed by atoms with E-state index in [0.717, 1.165) is 26.2 Å². The van der Waals surface area contributed by atoms with Crippen molar-refractivity contribution in [3.63, 3.8) is 0 Å². The number of amides is 1. The first-order valence-electron chi connectivity index (χ1n) is 5.88.